The minimum atomic E-state index is -1.06. The molecule has 0 aliphatic heterocycles. The number of ether oxygens (including phenoxy) is 1. The van der Waals surface area contributed by atoms with E-state index in [1.54, 1.807) is 32.9 Å². The van der Waals surface area contributed by atoms with Crippen LogP contribution in [-0.2, 0) is 9.59 Å². The first-order chi connectivity index (χ1) is 9.61. The van der Waals surface area contributed by atoms with Gasteiger partial charge in [-0.2, -0.15) is 0 Å². The van der Waals surface area contributed by atoms with Crippen molar-refractivity contribution in [3.63, 3.8) is 0 Å². The molecule has 0 fully saturated rings. The molecule has 1 amide bonds. The number of hydrogen-bond donors (Lipinski definition) is 1. The lowest BCUT2D eigenvalue weighted by atomic mass is 10.1. The van der Waals surface area contributed by atoms with E-state index in [9.17, 15) is 9.59 Å². The second kappa shape index (κ2) is 6.80. The van der Waals surface area contributed by atoms with Gasteiger partial charge < -0.3 is 14.7 Å². The number of benzene rings is 1. The van der Waals surface area contributed by atoms with Crippen LogP contribution in [0.1, 0.15) is 26.3 Å². The molecule has 0 aliphatic carbocycles. The largest absolute Gasteiger partial charge is 0.482 e. The Morgan fingerprint density at radius 2 is 1.95 bits per heavy atom. The average Bonchev–Trinajstić information content (AvgIpc) is 2.35. The average molecular weight is 314 g/mol. The van der Waals surface area contributed by atoms with Crippen LogP contribution in [0.15, 0.2) is 18.2 Å². The molecule has 0 radical (unpaired) electrons. The van der Waals surface area contributed by atoms with Crippen LogP contribution in [0.3, 0.4) is 0 Å². The lowest BCUT2D eigenvalue weighted by Gasteiger charge is -2.34. The van der Waals surface area contributed by atoms with E-state index in [2.05, 4.69) is 0 Å². The van der Waals surface area contributed by atoms with Gasteiger partial charge in [0.1, 0.15) is 12.3 Å². The van der Waals surface area contributed by atoms with Crippen molar-refractivity contribution in [1.82, 2.24) is 4.90 Å². The maximum Gasteiger partial charge on any atom is 0.323 e. The Morgan fingerprint density at radius 3 is 2.48 bits per heavy atom. The van der Waals surface area contributed by atoms with Crippen LogP contribution in [0.5, 0.6) is 5.75 Å². The number of nitrogens with zero attached hydrogens (tertiary/aromatic N) is 1. The van der Waals surface area contributed by atoms with Crippen LogP contribution in [0, 0.1) is 6.92 Å². The molecule has 116 valence electrons. The smallest absolute Gasteiger partial charge is 0.323 e. The van der Waals surface area contributed by atoms with Gasteiger partial charge in [0.25, 0.3) is 5.91 Å². The molecular formula is C15H20ClNO4. The lowest BCUT2D eigenvalue weighted by molar-refractivity contribution is -0.149. The monoisotopic (exact) mass is 313 g/mol. The molecule has 0 aromatic heterocycles. The Kier molecular flexibility index (Phi) is 5.61. The summed E-state index contributed by atoms with van der Waals surface area (Å²) in [5.41, 5.74) is 0.356. The topological polar surface area (TPSA) is 66.8 Å². The number of carboxylic acids is 1. The van der Waals surface area contributed by atoms with E-state index in [1.165, 1.54) is 4.90 Å². The highest BCUT2D eigenvalue weighted by Gasteiger charge is 2.28. The fourth-order valence-corrected chi connectivity index (χ4v) is 1.95. The van der Waals surface area contributed by atoms with Gasteiger partial charge in [-0.1, -0.05) is 17.7 Å². The molecule has 0 bridgehead atoms. The molecule has 5 nitrogen and oxygen atoms in total. The Labute approximate surface area is 129 Å². The fraction of sp³-hybridized carbons (Fsp3) is 0.467. The molecule has 0 spiro atoms. The summed E-state index contributed by atoms with van der Waals surface area (Å²) < 4.78 is 5.42. The SMILES string of the molecule is Cc1ccc(Cl)c(OCC(=O)N(CC(=O)O)C(C)(C)C)c1. The van der Waals surface area contributed by atoms with E-state index in [-0.39, 0.29) is 13.2 Å². The van der Waals surface area contributed by atoms with Crippen molar-refractivity contribution in [2.45, 2.75) is 33.2 Å². The van der Waals surface area contributed by atoms with Crippen molar-refractivity contribution in [3.05, 3.63) is 28.8 Å². The van der Waals surface area contributed by atoms with Gasteiger partial charge in [-0.25, -0.2) is 0 Å². The van der Waals surface area contributed by atoms with Gasteiger partial charge in [-0.05, 0) is 45.4 Å². The van der Waals surface area contributed by atoms with E-state index in [0.717, 1.165) is 5.56 Å². The molecule has 0 heterocycles. The van der Waals surface area contributed by atoms with Crippen LogP contribution in [0.25, 0.3) is 0 Å². The summed E-state index contributed by atoms with van der Waals surface area (Å²) in [6, 6.07) is 5.26. The van der Waals surface area contributed by atoms with Crippen molar-refractivity contribution in [3.8, 4) is 5.75 Å². The summed E-state index contributed by atoms with van der Waals surface area (Å²) in [4.78, 5) is 24.3. The predicted molar refractivity (Wildman–Crippen MR) is 80.8 cm³/mol. The molecular weight excluding hydrogens is 294 g/mol. The molecule has 0 unspecified atom stereocenters. The van der Waals surface area contributed by atoms with Crippen LogP contribution < -0.4 is 4.74 Å². The van der Waals surface area contributed by atoms with Crippen molar-refractivity contribution >= 4 is 23.5 Å². The highest BCUT2D eigenvalue weighted by Crippen LogP contribution is 2.25. The number of rotatable bonds is 5. The number of aryl methyl sites for hydroxylation is 1. The molecule has 0 saturated heterocycles. The molecule has 0 atom stereocenters. The van der Waals surface area contributed by atoms with Gasteiger partial charge in [-0.15, -0.1) is 0 Å². The molecule has 1 aromatic carbocycles. The van der Waals surface area contributed by atoms with Gasteiger partial charge in [0.05, 0.1) is 5.02 Å². The van der Waals surface area contributed by atoms with E-state index in [0.29, 0.717) is 10.8 Å². The van der Waals surface area contributed by atoms with E-state index in [1.807, 2.05) is 13.0 Å². The molecule has 1 N–H and O–H groups in total. The summed E-state index contributed by atoms with van der Waals surface area (Å²) in [6.07, 6.45) is 0. The Morgan fingerprint density at radius 1 is 1.33 bits per heavy atom. The Balaban J connectivity index is 2.78. The molecule has 1 aromatic rings. The Bertz CT molecular complexity index is 537. The molecule has 21 heavy (non-hydrogen) atoms. The zero-order chi connectivity index (χ0) is 16.2. The van der Waals surface area contributed by atoms with Crippen molar-refractivity contribution in [1.29, 1.82) is 0 Å². The quantitative estimate of drug-likeness (QED) is 0.907. The summed E-state index contributed by atoms with van der Waals surface area (Å²) in [5.74, 6) is -1.05. The first-order valence-corrected chi connectivity index (χ1v) is 6.90. The maximum atomic E-state index is 12.2. The second-order valence-electron chi connectivity index (χ2n) is 5.77. The zero-order valence-corrected chi connectivity index (χ0v) is 13.4. The van der Waals surface area contributed by atoms with E-state index in [4.69, 9.17) is 21.4 Å². The first kappa shape index (κ1) is 17.3. The van der Waals surface area contributed by atoms with Crippen LogP contribution in [-0.4, -0.2) is 40.6 Å². The number of aliphatic carboxylic acids is 1. The molecule has 6 heteroatoms. The normalized spacial score (nSPS) is 11.1. The number of halogens is 1. The van der Waals surface area contributed by atoms with Crippen molar-refractivity contribution in [2.24, 2.45) is 0 Å². The number of amides is 1. The van der Waals surface area contributed by atoms with Crippen molar-refractivity contribution in [2.75, 3.05) is 13.2 Å². The van der Waals surface area contributed by atoms with Crippen LogP contribution >= 0.6 is 11.6 Å². The highest BCUT2D eigenvalue weighted by atomic mass is 35.5. The third kappa shape index (κ3) is 5.27. The number of carbonyl (C=O) groups is 2. The first-order valence-electron chi connectivity index (χ1n) is 6.52. The zero-order valence-electron chi connectivity index (χ0n) is 12.6. The second-order valence-corrected chi connectivity index (χ2v) is 6.17. The fourth-order valence-electron chi connectivity index (χ4n) is 1.77. The van der Waals surface area contributed by atoms with Gasteiger partial charge in [0.2, 0.25) is 0 Å². The maximum absolute atomic E-state index is 12.2. The van der Waals surface area contributed by atoms with Gasteiger partial charge in [0, 0.05) is 5.54 Å². The number of carboxylic acid groups (broad SMARTS) is 1. The summed E-state index contributed by atoms with van der Waals surface area (Å²) >= 11 is 5.99. The standard InChI is InChI=1S/C15H20ClNO4/c1-10-5-6-11(16)12(7-10)21-9-13(18)17(8-14(19)20)15(2,3)4/h5-7H,8-9H2,1-4H3,(H,19,20). The van der Waals surface area contributed by atoms with Gasteiger partial charge in [-0.3, -0.25) is 9.59 Å². The van der Waals surface area contributed by atoms with Gasteiger partial charge in [0.15, 0.2) is 6.61 Å². The minimum Gasteiger partial charge on any atom is -0.482 e. The third-order valence-corrected chi connectivity index (χ3v) is 3.15. The third-order valence-electron chi connectivity index (χ3n) is 2.84. The molecule has 0 saturated carbocycles. The summed E-state index contributed by atoms with van der Waals surface area (Å²) in [6.45, 7) is 6.58. The minimum absolute atomic E-state index is 0.256. The Hall–Kier alpha value is -1.75. The number of carbonyl (C=O) groups excluding carboxylic acids is 1. The molecule has 1 rings (SSSR count). The summed E-state index contributed by atoms with van der Waals surface area (Å²) in [7, 11) is 0. The van der Waals surface area contributed by atoms with Gasteiger partial charge >= 0.3 is 5.97 Å². The summed E-state index contributed by atoms with van der Waals surface area (Å²) in [5, 5.41) is 9.32. The van der Waals surface area contributed by atoms with E-state index < -0.39 is 17.4 Å². The molecule has 0 aliphatic rings. The highest BCUT2D eigenvalue weighted by molar-refractivity contribution is 6.32. The van der Waals surface area contributed by atoms with Crippen LogP contribution in [0.4, 0.5) is 0 Å². The lowest BCUT2D eigenvalue weighted by Crippen LogP contribution is -2.50. The number of hydrogen-bond acceptors (Lipinski definition) is 3. The predicted octanol–water partition coefficient (Wildman–Crippen LogP) is 2.74. The van der Waals surface area contributed by atoms with E-state index >= 15 is 0 Å². The van der Waals surface area contributed by atoms with Crippen molar-refractivity contribution < 1.29 is 19.4 Å². The van der Waals surface area contributed by atoms with Crippen LogP contribution in [0.2, 0.25) is 5.02 Å².